The third kappa shape index (κ3) is 4.55. The number of ketones is 1. The zero-order valence-corrected chi connectivity index (χ0v) is 17.9. The van der Waals surface area contributed by atoms with Crippen molar-refractivity contribution in [2.24, 2.45) is 0 Å². The molecule has 0 saturated carbocycles. The van der Waals surface area contributed by atoms with Crippen LogP contribution in [0.4, 0.5) is 15.9 Å². The highest BCUT2D eigenvalue weighted by Crippen LogP contribution is 2.37. The average Bonchev–Trinajstić information content (AvgIpc) is 3.28. The summed E-state index contributed by atoms with van der Waals surface area (Å²) in [5.41, 5.74) is 1.12. The average molecular weight is 445 g/mol. The standard InChI is InChI=1S/C22H22ClFN4O3/c1-12(29)21(17-4-3-7-25-17)31-19-10-14(30-2)9-18-20(19)22(27-11-26-18)28-13-5-6-16(24)15(23)8-13/h5-6,8-11,17,21,25H,3-4,7H2,1-2H3,(H,26,27,28)/t17?,21-/m0/s1. The van der Waals surface area contributed by atoms with Crippen molar-refractivity contribution in [3.05, 3.63) is 47.5 Å². The molecule has 9 heteroatoms. The van der Waals surface area contributed by atoms with Gasteiger partial charge in [-0.1, -0.05) is 11.6 Å². The molecule has 1 fully saturated rings. The number of carbonyl (C=O) groups is 1. The molecule has 162 valence electrons. The van der Waals surface area contributed by atoms with Crippen LogP contribution in [0.25, 0.3) is 10.9 Å². The van der Waals surface area contributed by atoms with Crippen molar-refractivity contribution in [1.82, 2.24) is 15.3 Å². The molecule has 2 N–H and O–H groups in total. The van der Waals surface area contributed by atoms with E-state index in [2.05, 4.69) is 20.6 Å². The molecule has 3 aromatic rings. The second kappa shape index (κ2) is 9.03. The van der Waals surface area contributed by atoms with E-state index in [1.807, 2.05) is 0 Å². The lowest BCUT2D eigenvalue weighted by molar-refractivity contribution is -0.124. The van der Waals surface area contributed by atoms with Crippen LogP contribution in [0.2, 0.25) is 5.02 Å². The van der Waals surface area contributed by atoms with Gasteiger partial charge in [-0.3, -0.25) is 4.79 Å². The number of benzene rings is 2. The van der Waals surface area contributed by atoms with Gasteiger partial charge in [0, 0.05) is 17.8 Å². The summed E-state index contributed by atoms with van der Waals surface area (Å²) in [4.78, 5) is 21.1. The first kappa shape index (κ1) is 21.3. The summed E-state index contributed by atoms with van der Waals surface area (Å²) in [7, 11) is 1.55. The number of halogens is 2. The number of aromatic nitrogens is 2. The van der Waals surface area contributed by atoms with E-state index in [9.17, 15) is 9.18 Å². The van der Waals surface area contributed by atoms with Crippen molar-refractivity contribution in [3.8, 4) is 11.5 Å². The Morgan fingerprint density at radius 3 is 2.84 bits per heavy atom. The summed E-state index contributed by atoms with van der Waals surface area (Å²) in [5.74, 6) is 0.805. The van der Waals surface area contributed by atoms with Crippen LogP contribution in [0.15, 0.2) is 36.7 Å². The van der Waals surface area contributed by atoms with E-state index >= 15 is 0 Å². The van der Waals surface area contributed by atoms with E-state index in [0.717, 1.165) is 19.4 Å². The van der Waals surface area contributed by atoms with Gasteiger partial charge in [-0.25, -0.2) is 14.4 Å². The molecule has 2 aromatic carbocycles. The van der Waals surface area contributed by atoms with Crippen molar-refractivity contribution < 1.29 is 18.7 Å². The van der Waals surface area contributed by atoms with Gasteiger partial charge in [-0.15, -0.1) is 0 Å². The Kier molecular flexibility index (Phi) is 6.20. The molecule has 7 nitrogen and oxygen atoms in total. The first-order chi connectivity index (χ1) is 15.0. The minimum absolute atomic E-state index is 0.00884. The first-order valence-corrected chi connectivity index (χ1v) is 10.3. The van der Waals surface area contributed by atoms with Crippen molar-refractivity contribution in [2.75, 3.05) is 19.0 Å². The highest BCUT2D eigenvalue weighted by atomic mass is 35.5. The van der Waals surface area contributed by atoms with Crippen LogP contribution in [0.5, 0.6) is 11.5 Å². The van der Waals surface area contributed by atoms with Crippen molar-refractivity contribution in [1.29, 1.82) is 0 Å². The first-order valence-electron chi connectivity index (χ1n) is 9.91. The second-order valence-corrected chi connectivity index (χ2v) is 7.75. The number of anilines is 2. The Hall–Kier alpha value is -2.97. The second-order valence-electron chi connectivity index (χ2n) is 7.35. The normalized spacial score (nSPS) is 16.8. The number of Topliss-reactive ketones (excluding diaryl/α,β-unsaturated/α-hetero) is 1. The van der Waals surface area contributed by atoms with Crippen LogP contribution < -0.4 is 20.1 Å². The van der Waals surface area contributed by atoms with Gasteiger partial charge in [0.15, 0.2) is 11.9 Å². The fourth-order valence-electron chi connectivity index (χ4n) is 3.70. The minimum atomic E-state index is -0.661. The van der Waals surface area contributed by atoms with Crippen LogP contribution in [-0.2, 0) is 4.79 Å². The number of nitrogens with zero attached hydrogens (tertiary/aromatic N) is 2. The minimum Gasteiger partial charge on any atom is -0.497 e. The largest absolute Gasteiger partial charge is 0.497 e. The van der Waals surface area contributed by atoms with E-state index in [-0.39, 0.29) is 16.8 Å². The van der Waals surface area contributed by atoms with Gasteiger partial charge in [0.2, 0.25) is 0 Å². The number of fused-ring (bicyclic) bond motifs is 1. The molecule has 0 bridgehead atoms. The summed E-state index contributed by atoms with van der Waals surface area (Å²) >= 11 is 5.91. The topological polar surface area (TPSA) is 85.4 Å². The molecule has 0 amide bonds. The number of methoxy groups -OCH3 is 1. The molecule has 2 heterocycles. The van der Waals surface area contributed by atoms with Crippen molar-refractivity contribution in [3.63, 3.8) is 0 Å². The van der Waals surface area contributed by atoms with Crippen LogP contribution in [-0.4, -0.2) is 41.6 Å². The lowest BCUT2D eigenvalue weighted by Crippen LogP contribution is -2.43. The molecule has 31 heavy (non-hydrogen) atoms. The Balaban J connectivity index is 1.79. The highest BCUT2D eigenvalue weighted by molar-refractivity contribution is 6.31. The monoisotopic (exact) mass is 444 g/mol. The smallest absolute Gasteiger partial charge is 0.171 e. The van der Waals surface area contributed by atoms with E-state index in [1.165, 1.54) is 25.4 Å². The molecule has 1 aliphatic heterocycles. The van der Waals surface area contributed by atoms with E-state index < -0.39 is 11.9 Å². The van der Waals surface area contributed by atoms with E-state index in [1.54, 1.807) is 25.3 Å². The van der Waals surface area contributed by atoms with Gasteiger partial charge < -0.3 is 20.1 Å². The van der Waals surface area contributed by atoms with Gasteiger partial charge in [0.1, 0.15) is 29.5 Å². The molecule has 4 rings (SSSR count). The maximum Gasteiger partial charge on any atom is 0.171 e. The zero-order valence-electron chi connectivity index (χ0n) is 17.1. The van der Waals surface area contributed by atoms with E-state index in [4.69, 9.17) is 21.1 Å². The van der Waals surface area contributed by atoms with Crippen LogP contribution in [0.1, 0.15) is 19.8 Å². The third-order valence-corrected chi connectivity index (χ3v) is 5.50. The van der Waals surface area contributed by atoms with Crippen molar-refractivity contribution >= 4 is 39.8 Å². The third-order valence-electron chi connectivity index (χ3n) is 5.21. The van der Waals surface area contributed by atoms with Gasteiger partial charge in [-0.05, 0) is 44.5 Å². The molecule has 1 aliphatic rings. The molecule has 0 aliphatic carbocycles. The SMILES string of the molecule is COc1cc(O[C@@H](C(C)=O)C2CCCN2)c2c(Nc3ccc(F)c(Cl)c3)ncnc2c1. The molecule has 1 saturated heterocycles. The lowest BCUT2D eigenvalue weighted by atomic mass is 10.1. The number of carbonyl (C=O) groups excluding carboxylic acids is 1. The summed E-state index contributed by atoms with van der Waals surface area (Å²) in [6.45, 7) is 2.36. The molecule has 2 atom stereocenters. The number of nitrogens with one attached hydrogen (secondary N) is 2. The summed E-state index contributed by atoms with van der Waals surface area (Å²) in [6.07, 6.45) is 2.57. The van der Waals surface area contributed by atoms with Gasteiger partial charge in [0.25, 0.3) is 0 Å². The van der Waals surface area contributed by atoms with Gasteiger partial charge in [-0.2, -0.15) is 0 Å². The predicted octanol–water partition coefficient (Wildman–Crippen LogP) is 4.26. The molecular formula is C22H22ClFN4O3. The van der Waals surface area contributed by atoms with Gasteiger partial charge in [0.05, 0.1) is 29.1 Å². The maximum absolute atomic E-state index is 13.5. The highest BCUT2D eigenvalue weighted by Gasteiger charge is 2.31. The molecule has 0 spiro atoms. The summed E-state index contributed by atoms with van der Waals surface area (Å²) in [5, 5.41) is 7.04. The van der Waals surface area contributed by atoms with Gasteiger partial charge >= 0.3 is 0 Å². The Bertz CT molecular complexity index is 1120. The fourth-order valence-corrected chi connectivity index (χ4v) is 3.88. The van der Waals surface area contributed by atoms with Crippen LogP contribution in [0, 0.1) is 5.82 Å². The maximum atomic E-state index is 13.5. The van der Waals surface area contributed by atoms with E-state index in [0.29, 0.717) is 33.9 Å². The lowest BCUT2D eigenvalue weighted by Gasteiger charge is -2.24. The number of rotatable bonds is 7. The molecule has 0 radical (unpaired) electrons. The van der Waals surface area contributed by atoms with Crippen LogP contribution in [0.3, 0.4) is 0 Å². The Morgan fingerprint density at radius 2 is 2.16 bits per heavy atom. The number of hydrogen-bond donors (Lipinski definition) is 2. The Labute approximate surface area is 183 Å². The Morgan fingerprint density at radius 1 is 1.32 bits per heavy atom. The molecular weight excluding hydrogens is 423 g/mol. The molecule has 1 unspecified atom stereocenters. The van der Waals surface area contributed by atoms with Crippen molar-refractivity contribution in [2.45, 2.75) is 31.9 Å². The fraction of sp³-hybridized carbons (Fsp3) is 0.318. The summed E-state index contributed by atoms with van der Waals surface area (Å²) in [6, 6.07) is 7.68. The molecule has 1 aromatic heterocycles. The van der Waals surface area contributed by atoms with Crippen LogP contribution >= 0.6 is 11.6 Å². The predicted molar refractivity (Wildman–Crippen MR) is 117 cm³/mol. The summed E-state index contributed by atoms with van der Waals surface area (Å²) < 4.78 is 25.2. The quantitative estimate of drug-likeness (QED) is 0.563. The number of ether oxygens (including phenoxy) is 2. The number of hydrogen-bond acceptors (Lipinski definition) is 7. The zero-order chi connectivity index (χ0) is 22.0.